The number of hydrogen-bond acceptors (Lipinski definition) is 3. The van der Waals surface area contributed by atoms with E-state index < -0.39 is 0 Å². The molecule has 1 aromatic rings. The second-order valence-corrected chi connectivity index (χ2v) is 4.59. The highest BCUT2D eigenvalue weighted by Crippen LogP contribution is 2.37. The van der Waals surface area contributed by atoms with E-state index in [0.717, 1.165) is 29.8 Å². The first-order chi connectivity index (χ1) is 7.16. The normalized spacial score (nSPS) is 23.5. The first kappa shape index (κ1) is 10.4. The molecule has 2 unspecified atom stereocenters. The van der Waals surface area contributed by atoms with Gasteiger partial charge in [0.05, 0.1) is 0 Å². The van der Waals surface area contributed by atoms with Crippen LogP contribution in [0.2, 0.25) is 0 Å². The number of pyridine rings is 1. The van der Waals surface area contributed by atoms with E-state index in [-0.39, 0.29) is 0 Å². The number of nitrogens with zero attached hydrogens (tertiary/aromatic N) is 1. The van der Waals surface area contributed by atoms with Crippen LogP contribution in [0, 0.1) is 11.8 Å². The van der Waals surface area contributed by atoms with Gasteiger partial charge in [-0.15, -0.1) is 0 Å². The van der Waals surface area contributed by atoms with Crippen molar-refractivity contribution in [1.82, 2.24) is 4.98 Å². The van der Waals surface area contributed by atoms with Crippen molar-refractivity contribution in [3.8, 4) is 0 Å². The van der Waals surface area contributed by atoms with Crippen molar-refractivity contribution in [2.75, 3.05) is 11.9 Å². The molecule has 0 saturated heterocycles. The molecule has 2 rings (SSSR count). The fraction of sp³-hybridized carbons (Fsp3) is 0.455. The number of nitrogens with one attached hydrogen (secondary N) is 1. The maximum atomic E-state index is 5.55. The van der Waals surface area contributed by atoms with Crippen LogP contribution in [0.4, 0.5) is 5.82 Å². The van der Waals surface area contributed by atoms with E-state index in [1.807, 2.05) is 12.1 Å². The third-order valence-electron chi connectivity index (χ3n) is 2.87. The molecule has 0 radical (unpaired) electrons. The monoisotopic (exact) mass is 221 g/mol. The Morgan fingerprint density at radius 2 is 2.47 bits per heavy atom. The Kier molecular flexibility index (Phi) is 2.86. The molecule has 4 heteroatoms. The molecule has 1 fully saturated rings. The van der Waals surface area contributed by atoms with E-state index in [1.165, 1.54) is 6.42 Å². The van der Waals surface area contributed by atoms with Gasteiger partial charge in [-0.1, -0.05) is 19.1 Å². The molecule has 0 bridgehead atoms. The van der Waals surface area contributed by atoms with Crippen LogP contribution in [0.5, 0.6) is 0 Å². The van der Waals surface area contributed by atoms with Gasteiger partial charge in [0.2, 0.25) is 0 Å². The van der Waals surface area contributed by atoms with Gasteiger partial charge in [0.15, 0.2) is 0 Å². The first-order valence-electron chi connectivity index (χ1n) is 5.16. The topological polar surface area (TPSA) is 50.9 Å². The fourth-order valence-electron chi connectivity index (χ4n) is 1.60. The minimum Gasteiger partial charge on any atom is -0.389 e. The molecule has 1 heterocycles. The lowest BCUT2D eigenvalue weighted by Crippen LogP contribution is -2.11. The lowest BCUT2D eigenvalue weighted by Gasteiger charge is -2.05. The summed E-state index contributed by atoms with van der Waals surface area (Å²) in [5, 5.41) is 3.31. The number of rotatable bonds is 4. The Labute approximate surface area is 95.1 Å². The summed E-state index contributed by atoms with van der Waals surface area (Å²) in [6, 6.07) is 3.72. The van der Waals surface area contributed by atoms with Crippen molar-refractivity contribution < 1.29 is 0 Å². The van der Waals surface area contributed by atoms with Crippen LogP contribution in [0.3, 0.4) is 0 Å². The first-order valence-corrected chi connectivity index (χ1v) is 5.57. The van der Waals surface area contributed by atoms with Gasteiger partial charge in [0.25, 0.3) is 0 Å². The smallest absolute Gasteiger partial charge is 0.126 e. The van der Waals surface area contributed by atoms with Gasteiger partial charge >= 0.3 is 0 Å². The second kappa shape index (κ2) is 4.14. The molecule has 3 nitrogen and oxygen atoms in total. The summed E-state index contributed by atoms with van der Waals surface area (Å²) < 4.78 is 0. The molecular formula is C11H15N3S. The van der Waals surface area contributed by atoms with Gasteiger partial charge in [-0.05, 0) is 30.4 Å². The van der Waals surface area contributed by atoms with Crippen LogP contribution in [0.1, 0.15) is 18.9 Å². The predicted molar refractivity (Wildman–Crippen MR) is 65.9 cm³/mol. The molecule has 80 valence electrons. The summed E-state index contributed by atoms with van der Waals surface area (Å²) >= 11 is 4.91. The predicted octanol–water partition coefficient (Wildman–Crippen LogP) is 1.78. The van der Waals surface area contributed by atoms with E-state index in [0.29, 0.717) is 4.99 Å². The average Bonchev–Trinajstić information content (AvgIpc) is 2.92. The molecule has 15 heavy (non-hydrogen) atoms. The second-order valence-electron chi connectivity index (χ2n) is 4.15. The third kappa shape index (κ3) is 2.65. The van der Waals surface area contributed by atoms with Crippen LogP contribution >= 0.6 is 12.2 Å². The minimum absolute atomic E-state index is 0.417. The highest BCUT2D eigenvalue weighted by molar-refractivity contribution is 7.80. The Balaban J connectivity index is 1.95. The van der Waals surface area contributed by atoms with E-state index in [4.69, 9.17) is 18.0 Å². The van der Waals surface area contributed by atoms with Crippen molar-refractivity contribution in [2.45, 2.75) is 13.3 Å². The highest BCUT2D eigenvalue weighted by Gasteiger charge is 2.31. The maximum Gasteiger partial charge on any atom is 0.126 e. The van der Waals surface area contributed by atoms with Crippen LogP contribution in [0.15, 0.2) is 18.3 Å². The Bertz CT molecular complexity index is 378. The van der Waals surface area contributed by atoms with Gasteiger partial charge in [0, 0.05) is 18.3 Å². The van der Waals surface area contributed by atoms with E-state index in [1.54, 1.807) is 6.20 Å². The van der Waals surface area contributed by atoms with Crippen LogP contribution in [0.25, 0.3) is 0 Å². The highest BCUT2D eigenvalue weighted by atomic mass is 32.1. The summed E-state index contributed by atoms with van der Waals surface area (Å²) in [5.74, 6) is 2.52. The lowest BCUT2D eigenvalue weighted by atomic mass is 10.2. The van der Waals surface area contributed by atoms with Crippen molar-refractivity contribution in [3.63, 3.8) is 0 Å². The molecule has 2 atom stereocenters. The standard InChI is InChI=1S/C11H15N3S/c1-7-4-9(7)6-14-10-5-8(11(12)15)2-3-13-10/h2-3,5,7,9H,4,6H2,1H3,(H2,12,15)(H,13,14). The van der Waals surface area contributed by atoms with Gasteiger partial charge in [0.1, 0.15) is 10.8 Å². The van der Waals surface area contributed by atoms with Crippen molar-refractivity contribution in [2.24, 2.45) is 17.6 Å². The van der Waals surface area contributed by atoms with Crippen molar-refractivity contribution >= 4 is 23.0 Å². The van der Waals surface area contributed by atoms with Gasteiger partial charge < -0.3 is 11.1 Å². The van der Waals surface area contributed by atoms with E-state index >= 15 is 0 Å². The average molecular weight is 221 g/mol. The molecule has 1 aromatic heterocycles. The molecule has 1 saturated carbocycles. The quantitative estimate of drug-likeness (QED) is 0.761. The van der Waals surface area contributed by atoms with E-state index in [2.05, 4.69) is 17.2 Å². The summed E-state index contributed by atoms with van der Waals surface area (Å²) in [6.07, 6.45) is 3.05. The molecule has 1 aliphatic carbocycles. The third-order valence-corrected chi connectivity index (χ3v) is 3.10. The van der Waals surface area contributed by atoms with Gasteiger partial charge in [-0.25, -0.2) is 4.98 Å². The summed E-state index contributed by atoms with van der Waals surface area (Å²) in [6.45, 7) is 3.26. The molecule has 0 aliphatic heterocycles. The van der Waals surface area contributed by atoms with Gasteiger partial charge in [-0.3, -0.25) is 0 Å². The number of aromatic nitrogens is 1. The zero-order chi connectivity index (χ0) is 10.8. The molecule has 1 aliphatic rings. The molecule has 0 amide bonds. The van der Waals surface area contributed by atoms with E-state index in [9.17, 15) is 0 Å². The Morgan fingerprint density at radius 1 is 1.73 bits per heavy atom. The summed E-state index contributed by atoms with van der Waals surface area (Å²) in [4.78, 5) is 4.64. The van der Waals surface area contributed by atoms with Crippen LogP contribution < -0.4 is 11.1 Å². The molecule has 0 spiro atoms. The zero-order valence-electron chi connectivity index (χ0n) is 8.73. The number of nitrogens with two attached hydrogens (primary N) is 1. The summed E-state index contributed by atoms with van der Waals surface area (Å²) in [7, 11) is 0. The van der Waals surface area contributed by atoms with Gasteiger partial charge in [-0.2, -0.15) is 0 Å². The minimum atomic E-state index is 0.417. The SMILES string of the molecule is CC1CC1CNc1cc(C(N)=S)ccn1. The molecule has 3 N–H and O–H groups in total. The summed E-state index contributed by atoms with van der Waals surface area (Å²) in [5.41, 5.74) is 6.42. The molecular weight excluding hydrogens is 206 g/mol. The number of thiocarbonyl (C=S) groups is 1. The van der Waals surface area contributed by atoms with Crippen LogP contribution in [-0.2, 0) is 0 Å². The Morgan fingerprint density at radius 3 is 3.07 bits per heavy atom. The largest absolute Gasteiger partial charge is 0.389 e. The zero-order valence-corrected chi connectivity index (χ0v) is 9.55. The number of hydrogen-bond donors (Lipinski definition) is 2. The number of anilines is 1. The Hall–Kier alpha value is -1.16. The maximum absolute atomic E-state index is 5.55. The van der Waals surface area contributed by atoms with Crippen molar-refractivity contribution in [3.05, 3.63) is 23.9 Å². The van der Waals surface area contributed by atoms with Crippen LogP contribution in [-0.4, -0.2) is 16.5 Å². The fourth-order valence-corrected chi connectivity index (χ4v) is 1.73. The lowest BCUT2D eigenvalue weighted by molar-refractivity contribution is 0.784. The van der Waals surface area contributed by atoms with Crippen molar-refractivity contribution in [1.29, 1.82) is 0 Å². The molecule has 0 aromatic carbocycles.